The van der Waals surface area contributed by atoms with Crippen molar-refractivity contribution in [2.75, 3.05) is 0 Å². The van der Waals surface area contributed by atoms with Crippen LogP contribution >= 0.6 is 0 Å². The summed E-state index contributed by atoms with van der Waals surface area (Å²) in [4.78, 5) is 0. The Bertz CT molecular complexity index is 1510. The normalized spacial score (nSPS) is 13.8. The fourth-order valence-electron chi connectivity index (χ4n) is 6.31. The predicted octanol–water partition coefficient (Wildman–Crippen LogP) is 8.96. The molecule has 1 aliphatic rings. The third kappa shape index (κ3) is 3.91. The zero-order valence-electron chi connectivity index (χ0n) is 23.0. The molecule has 38 heavy (non-hydrogen) atoms. The van der Waals surface area contributed by atoms with Gasteiger partial charge in [-0.05, 0) is 59.2 Å². The van der Waals surface area contributed by atoms with Crippen molar-refractivity contribution in [3.8, 4) is 39.3 Å². The molecule has 0 radical (unpaired) electrons. The second kappa shape index (κ2) is 9.76. The lowest BCUT2D eigenvalue weighted by Gasteiger charge is -2.34. The maximum atomic E-state index is 2.58. The molecule has 0 spiro atoms. The van der Waals surface area contributed by atoms with E-state index >= 15 is 0 Å². The highest BCUT2D eigenvalue weighted by Crippen LogP contribution is 2.43. The molecule has 1 aliphatic heterocycles. The average Bonchev–Trinajstić information content (AvgIpc) is 3.43. The molecule has 4 aromatic carbocycles. The summed E-state index contributed by atoms with van der Waals surface area (Å²) in [6.45, 7) is 9.26. The van der Waals surface area contributed by atoms with Crippen LogP contribution in [0.1, 0.15) is 57.6 Å². The van der Waals surface area contributed by atoms with Gasteiger partial charge in [-0.15, -0.1) is 0 Å². The van der Waals surface area contributed by atoms with E-state index in [2.05, 4.69) is 146 Å². The number of rotatable bonds is 6. The molecule has 2 heteroatoms. The second-order valence-electron chi connectivity index (χ2n) is 11.0. The summed E-state index contributed by atoms with van der Waals surface area (Å²) in [6, 6.07) is 35.6. The molecule has 0 amide bonds. The Morgan fingerprint density at radius 2 is 1.29 bits per heavy atom. The number of benzene rings is 4. The summed E-state index contributed by atoms with van der Waals surface area (Å²) < 4.78 is 5.06. The Morgan fingerprint density at radius 3 is 1.84 bits per heavy atom. The van der Waals surface area contributed by atoms with Gasteiger partial charge in [-0.3, -0.25) is 0 Å². The summed E-state index contributed by atoms with van der Waals surface area (Å²) in [6.07, 6.45) is 7.91. The minimum absolute atomic E-state index is 0.0760. The van der Waals surface area contributed by atoms with Gasteiger partial charge in [0.1, 0.15) is 23.6 Å². The van der Waals surface area contributed by atoms with Crippen LogP contribution in [0, 0.1) is 0 Å². The van der Waals surface area contributed by atoms with Gasteiger partial charge in [0, 0.05) is 17.5 Å². The van der Waals surface area contributed by atoms with Crippen LogP contribution in [0.5, 0.6) is 0 Å². The van der Waals surface area contributed by atoms with Crippen LogP contribution in [0.2, 0.25) is 0 Å². The van der Waals surface area contributed by atoms with Crippen LogP contribution in [-0.4, -0.2) is 4.57 Å². The van der Waals surface area contributed by atoms with E-state index in [1.807, 2.05) is 0 Å². The molecule has 190 valence electrons. The van der Waals surface area contributed by atoms with E-state index in [1.165, 1.54) is 50.5 Å². The van der Waals surface area contributed by atoms with E-state index < -0.39 is 0 Å². The molecule has 0 bridgehead atoms. The molecular formula is C36H37N2+. The van der Waals surface area contributed by atoms with Gasteiger partial charge in [0.25, 0.3) is 5.82 Å². The average molecular weight is 498 g/mol. The van der Waals surface area contributed by atoms with Crippen LogP contribution < -0.4 is 4.57 Å². The summed E-state index contributed by atoms with van der Waals surface area (Å²) in [5.74, 6) is 1.71. The summed E-state index contributed by atoms with van der Waals surface area (Å²) in [7, 11) is 0. The zero-order chi connectivity index (χ0) is 26.3. The lowest BCUT2D eigenvalue weighted by Crippen LogP contribution is -2.59. The van der Waals surface area contributed by atoms with E-state index in [1.54, 1.807) is 0 Å². The molecule has 0 fully saturated rings. The van der Waals surface area contributed by atoms with Crippen molar-refractivity contribution in [2.24, 2.45) is 0 Å². The molecule has 0 atom stereocenters. The van der Waals surface area contributed by atoms with Crippen molar-refractivity contribution in [2.45, 2.75) is 58.4 Å². The van der Waals surface area contributed by atoms with Gasteiger partial charge in [0.15, 0.2) is 0 Å². The summed E-state index contributed by atoms with van der Waals surface area (Å²) in [5, 5.41) is 0. The summed E-state index contributed by atoms with van der Waals surface area (Å²) in [5.41, 5.74) is 10.5. The maximum absolute atomic E-state index is 2.58. The lowest BCUT2D eigenvalue weighted by atomic mass is 9.80. The highest BCUT2D eigenvalue weighted by Gasteiger charge is 2.43. The van der Waals surface area contributed by atoms with Crippen molar-refractivity contribution in [3.05, 3.63) is 121 Å². The molecule has 0 N–H and O–H groups in total. The Hall–Kier alpha value is -3.91. The molecule has 5 aromatic rings. The van der Waals surface area contributed by atoms with Crippen LogP contribution in [0.25, 0.3) is 39.3 Å². The molecule has 2 nitrogen and oxygen atoms in total. The standard InChI is InChI=1S/C36H37N2/c1-5-36(6-2)25-29-19-13-14-20-31(29)35-37(21-22-38(35)36)34-32(27-15-9-7-10-16-27)23-30(26(3)4)24-33(34)28-17-11-8-12-18-28/h7-24,26H,5-6,25H2,1-4H3/q+1. The maximum Gasteiger partial charge on any atom is 0.294 e. The van der Waals surface area contributed by atoms with Crippen molar-refractivity contribution in [3.63, 3.8) is 0 Å². The van der Waals surface area contributed by atoms with Crippen LogP contribution in [0.4, 0.5) is 0 Å². The van der Waals surface area contributed by atoms with Crippen molar-refractivity contribution < 1.29 is 4.57 Å². The minimum atomic E-state index is 0.0760. The van der Waals surface area contributed by atoms with Crippen LogP contribution in [0.3, 0.4) is 0 Å². The largest absolute Gasteiger partial charge is 0.294 e. The number of imidazole rings is 1. The van der Waals surface area contributed by atoms with Crippen molar-refractivity contribution in [1.82, 2.24) is 4.57 Å². The topological polar surface area (TPSA) is 8.81 Å². The first-order chi connectivity index (χ1) is 18.6. The van der Waals surface area contributed by atoms with Gasteiger partial charge in [0.05, 0.1) is 5.56 Å². The first-order valence-electron chi connectivity index (χ1n) is 14.1. The number of aromatic nitrogens is 2. The van der Waals surface area contributed by atoms with E-state index in [0.29, 0.717) is 5.92 Å². The van der Waals surface area contributed by atoms with Crippen molar-refractivity contribution in [1.29, 1.82) is 0 Å². The molecule has 2 heterocycles. The van der Waals surface area contributed by atoms with Crippen molar-refractivity contribution >= 4 is 0 Å². The number of hydrogen-bond acceptors (Lipinski definition) is 0. The van der Waals surface area contributed by atoms with Gasteiger partial charge in [-0.2, -0.15) is 4.57 Å². The Kier molecular flexibility index (Phi) is 6.27. The van der Waals surface area contributed by atoms with Gasteiger partial charge in [0.2, 0.25) is 0 Å². The third-order valence-corrected chi connectivity index (χ3v) is 8.64. The SMILES string of the molecule is CCC1(CC)Cc2ccccc2-c2n(-c3c(-c4ccccc4)cc(C(C)C)cc3-c3ccccc3)cc[n+]21. The molecular weight excluding hydrogens is 460 g/mol. The van der Waals surface area contributed by atoms with Crippen LogP contribution in [0.15, 0.2) is 109 Å². The smallest absolute Gasteiger partial charge is 0.224 e. The Labute approximate surface area is 227 Å². The van der Waals surface area contributed by atoms with Crippen LogP contribution in [-0.2, 0) is 12.0 Å². The fraction of sp³-hybridized carbons (Fsp3) is 0.250. The molecule has 1 aromatic heterocycles. The Morgan fingerprint density at radius 1 is 0.737 bits per heavy atom. The second-order valence-corrected chi connectivity index (χ2v) is 11.0. The highest BCUT2D eigenvalue weighted by molar-refractivity contribution is 5.87. The monoisotopic (exact) mass is 497 g/mol. The first-order valence-corrected chi connectivity index (χ1v) is 14.1. The van der Waals surface area contributed by atoms with Gasteiger partial charge in [-0.25, -0.2) is 4.57 Å². The molecule has 0 aliphatic carbocycles. The Balaban J connectivity index is 1.75. The first kappa shape index (κ1) is 24.4. The summed E-state index contributed by atoms with van der Waals surface area (Å²) >= 11 is 0. The quantitative estimate of drug-likeness (QED) is 0.207. The van der Waals surface area contributed by atoms with E-state index in [0.717, 1.165) is 19.3 Å². The van der Waals surface area contributed by atoms with Gasteiger partial charge < -0.3 is 0 Å². The fourth-order valence-corrected chi connectivity index (χ4v) is 6.31. The van der Waals surface area contributed by atoms with E-state index in [9.17, 15) is 0 Å². The third-order valence-electron chi connectivity index (χ3n) is 8.64. The number of hydrogen-bond donors (Lipinski definition) is 0. The molecule has 0 unspecified atom stereocenters. The highest BCUT2D eigenvalue weighted by atomic mass is 15.2. The van der Waals surface area contributed by atoms with Gasteiger partial charge >= 0.3 is 0 Å². The predicted molar refractivity (Wildman–Crippen MR) is 159 cm³/mol. The number of fused-ring (bicyclic) bond motifs is 3. The lowest BCUT2D eigenvalue weighted by molar-refractivity contribution is -0.757. The zero-order valence-corrected chi connectivity index (χ0v) is 23.0. The molecule has 6 rings (SSSR count). The van der Waals surface area contributed by atoms with E-state index in [-0.39, 0.29) is 5.54 Å². The van der Waals surface area contributed by atoms with E-state index in [4.69, 9.17) is 0 Å². The minimum Gasteiger partial charge on any atom is -0.224 e. The van der Waals surface area contributed by atoms with Gasteiger partial charge in [-0.1, -0.05) is 107 Å². The molecule has 0 saturated heterocycles. The number of nitrogens with zero attached hydrogens (tertiary/aromatic N) is 2. The molecule has 0 saturated carbocycles.